The third kappa shape index (κ3) is 6.32. The maximum atomic E-state index is 13.8. The molecule has 0 spiro atoms. The van der Waals surface area contributed by atoms with E-state index in [0.29, 0.717) is 19.1 Å². The first-order valence-corrected chi connectivity index (χ1v) is 13.9. The predicted molar refractivity (Wildman–Crippen MR) is 155 cm³/mol. The Bertz CT molecular complexity index is 1410. The number of aryl methyl sites for hydroxylation is 1. The molecule has 4 aromatic rings. The molecule has 1 N–H and O–H groups in total. The Balaban J connectivity index is 1.51. The van der Waals surface area contributed by atoms with Gasteiger partial charge in [-0.15, -0.1) is 0 Å². The lowest BCUT2D eigenvalue weighted by atomic mass is 10.1. The highest BCUT2D eigenvalue weighted by Gasteiger charge is 2.32. The summed E-state index contributed by atoms with van der Waals surface area (Å²) >= 11 is 0. The molecule has 40 heavy (non-hydrogen) atoms. The number of aromatic nitrogens is 4. The Morgan fingerprint density at radius 1 is 1.10 bits per heavy atom. The number of nitrogens with one attached hydrogen (secondary N) is 1. The maximum Gasteiger partial charge on any atom is 0.223 e. The van der Waals surface area contributed by atoms with Crippen LogP contribution in [0.2, 0.25) is 0 Å². The molecule has 2 aromatic heterocycles. The average Bonchev–Trinajstić information content (AvgIpc) is 3.54. The van der Waals surface area contributed by atoms with Gasteiger partial charge in [0.2, 0.25) is 5.95 Å². The van der Waals surface area contributed by atoms with E-state index < -0.39 is 0 Å². The number of imidazole rings is 1. The fourth-order valence-corrected chi connectivity index (χ4v) is 5.42. The second-order valence-corrected chi connectivity index (χ2v) is 10.1. The van der Waals surface area contributed by atoms with E-state index in [1.165, 1.54) is 17.7 Å². The first-order valence-electron chi connectivity index (χ1n) is 13.9. The van der Waals surface area contributed by atoms with Crippen molar-refractivity contribution in [2.75, 3.05) is 45.8 Å². The van der Waals surface area contributed by atoms with Crippen LogP contribution in [0, 0.1) is 5.82 Å². The zero-order valence-electron chi connectivity index (χ0n) is 23.4. The predicted octanol–water partition coefficient (Wildman–Crippen LogP) is 5.61. The minimum atomic E-state index is -0.269. The average molecular weight is 545 g/mol. The monoisotopic (exact) mass is 544 g/mol. The molecule has 0 fully saturated rings. The number of halogens is 1. The van der Waals surface area contributed by atoms with Crippen LogP contribution in [0.15, 0.2) is 60.8 Å². The third-order valence-electron chi connectivity index (χ3n) is 7.20. The summed E-state index contributed by atoms with van der Waals surface area (Å²) in [4.78, 5) is 16.9. The van der Waals surface area contributed by atoms with E-state index >= 15 is 0 Å². The van der Waals surface area contributed by atoms with Gasteiger partial charge in [-0.2, -0.15) is 0 Å². The van der Waals surface area contributed by atoms with Gasteiger partial charge in [0.05, 0.1) is 30.8 Å². The molecular formula is C31H37FN6O2. The summed E-state index contributed by atoms with van der Waals surface area (Å²) < 4.78 is 26.8. The van der Waals surface area contributed by atoms with Crippen LogP contribution < -0.4 is 10.1 Å². The highest BCUT2D eigenvalue weighted by molar-refractivity contribution is 5.78. The summed E-state index contributed by atoms with van der Waals surface area (Å²) in [6.07, 6.45) is 4.70. The summed E-state index contributed by atoms with van der Waals surface area (Å²) in [5.74, 6) is 2.17. The maximum absolute atomic E-state index is 13.8. The van der Waals surface area contributed by atoms with E-state index in [1.54, 1.807) is 32.5 Å². The molecule has 1 aliphatic heterocycles. The fourth-order valence-electron chi connectivity index (χ4n) is 5.42. The molecule has 0 aliphatic carbocycles. The molecule has 1 atom stereocenters. The first-order chi connectivity index (χ1) is 19.6. The lowest BCUT2D eigenvalue weighted by Crippen LogP contribution is -2.30. The number of hydrogen-bond donors (Lipinski definition) is 1. The van der Waals surface area contributed by atoms with Gasteiger partial charge in [0.1, 0.15) is 17.4 Å². The van der Waals surface area contributed by atoms with Crippen molar-refractivity contribution >= 4 is 5.95 Å². The number of fused-ring (bicyclic) bond motifs is 1. The molecular weight excluding hydrogens is 507 g/mol. The van der Waals surface area contributed by atoms with Gasteiger partial charge in [0.15, 0.2) is 0 Å². The van der Waals surface area contributed by atoms with Crippen LogP contribution in [0.25, 0.3) is 22.6 Å². The Hall–Kier alpha value is -3.82. The van der Waals surface area contributed by atoms with E-state index in [1.807, 2.05) is 18.2 Å². The van der Waals surface area contributed by atoms with Crippen molar-refractivity contribution in [3.05, 3.63) is 78.0 Å². The first kappa shape index (κ1) is 27.7. The van der Waals surface area contributed by atoms with Crippen molar-refractivity contribution < 1.29 is 13.9 Å². The Kier molecular flexibility index (Phi) is 9.03. The highest BCUT2D eigenvalue weighted by Crippen LogP contribution is 2.39. The molecule has 5 rings (SSSR count). The number of rotatable bonds is 13. The number of methoxy groups -OCH3 is 2. The van der Waals surface area contributed by atoms with Gasteiger partial charge in [-0.05, 0) is 67.4 Å². The summed E-state index contributed by atoms with van der Waals surface area (Å²) in [6, 6.07) is 17.0. The molecule has 0 unspecified atom stereocenters. The summed E-state index contributed by atoms with van der Waals surface area (Å²) in [5.41, 5.74) is 4.64. The highest BCUT2D eigenvalue weighted by atomic mass is 19.1. The molecule has 0 bridgehead atoms. The van der Waals surface area contributed by atoms with Crippen LogP contribution in [0.1, 0.15) is 37.2 Å². The van der Waals surface area contributed by atoms with Crippen molar-refractivity contribution in [3.8, 4) is 28.4 Å². The van der Waals surface area contributed by atoms with Crippen LogP contribution in [-0.4, -0.2) is 64.9 Å². The lowest BCUT2D eigenvalue weighted by molar-refractivity contribution is 0.210. The summed E-state index contributed by atoms with van der Waals surface area (Å²) in [7, 11) is 3.37. The lowest BCUT2D eigenvalue weighted by Gasteiger charge is -2.27. The molecule has 2 aromatic carbocycles. The quantitative estimate of drug-likeness (QED) is 0.219. The van der Waals surface area contributed by atoms with Gasteiger partial charge < -0.3 is 19.4 Å². The van der Waals surface area contributed by atoms with Crippen LogP contribution in [0.5, 0.6) is 5.75 Å². The zero-order chi connectivity index (χ0) is 27.9. The molecule has 3 heterocycles. The van der Waals surface area contributed by atoms with Gasteiger partial charge in [-0.3, -0.25) is 4.90 Å². The van der Waals surface area contributed by atoms with Crippen molar-refractivity contribution in [1.82, 2.24) is 24.4 Å². The number of hydrogen-bond acceptors (Lipinski definition) is 7. The van der Waals surface area contributed by atoms with Crippen LogP contribution in [0.3, 0.4) is 0 Å². The third-order valence-corrected chi connectivity index (χ3v) is 7.20. The van der Waals surface area contributed by atoms with Gasteiger partial charge in [0, 0.05) is 51.0 Å². The van der Waals surface area contributed by atoms with Crippen LogP contribution in [-0.2, 0) is 17.7 Å². The molecule has 0 amide bonds. The fraction of sp³-hybridized carbons (Fsp3) is 0.387. The second kappa shape index (κ2) is 13.0. The second-order valence-electron chi connectivity index (χ2n) is 10.1. The van der Waals surface area contributed by atoms with E-state index in [-0.39, 0.29) is 11.9 Å². The van der Waals surface area contributed by atoms with Crippen LogP contribution >= 0.6 is 0 Å². The minimum Gasteiger partial charge on any atom is -0.497 e. The Morgan fingerprint density at radius 2 is 1.95 bits per heavy atom. The minimum absolute atomic E-state index is 0.226. The number of anilines is 1. The van der Waals surface area contributed by atoms with Crippen molar-refractivity contribution in [1.29, 1.82) is 0 Å². The van der Waals surface area contributed by atoms with E-state index in [9.17, 15) is 4.39 Å². The molecule has 0 saturated heterocycles. The van der Waals surface area contributed by atoms with Crippen molar-refractivity contribution in [2.24, 2.45) is 0 Å². The zero-order valence-corrected chi connectivity index (χ0v) is 23.4. The number of benzene rings is 2. The molecule has 210 valence electrons. The number of nitrogens with zero attached hydrogens (tertiary/aromatic N) is 5. The van der Waals surface area contributed by atoms with E-state index in [0.717, 1.165) is 73.1 Å². The molecule has 0 saturated carbocycles. The van der Waals surface area contributed by atoms with Gasteiger partial charge in [-0.25, -0.2) is 19.3 Å². The SMILES string of the molecule is CCCN(Cc1cccc(OC)c1)C[C@@H]1CCc2nc(-c3ccc(F)cc3)c(-c3ccnc(NCCOC)n3)n21. The van der Waals surface area contributed by atoms with Crippen LogP contribution in [0.4, 0.5) is 10.3 Å². The standard InChI is InChI=1S/C31H37FN6O2/c1-4-17-37(20-22-6-5-7-26(19-22)40-3)21-25-12-13-28-36-29(23-8-10-24(32)11-9-23)30(38(25)28)27-14-15-33-31(35-27)34-16-18-39-2/h5-11,14-15,19,25H,4,12-13,16-18,20-21H2,1-3H3,(H,33,34,35)/t25-/m0/s1. The molecule has 9 heteroatoms. The smallest absolute Gasteiger partial charge is 0.223 e. The van der Waals surface area contributed by atoms with Crippen molar-refractivity contribution in [2.45, 2.75) is 38.8 Å². The number of ether oxygens (including phenoxy) is 2. The molecule has 8 nitrogen and oxygen atoms in total. The summed E-state index contributed by atoms with van der Waals surface area (Å²) in [6.45, 7) is 6.08. The van der Waals surface area contributed by atoms with Gasteiger partial charge >= 0.3 is 0 Å². The van der Waals surface area contributed by atoms with Crippen molar-refractivity contribution in [3.63, 3.8) is 0 Å². The van der Waals surface area contributed by atoms with E-state index in [2.05, 4.69) is 38.8 Å². The molecule has 1 aliphatic rings. The van der Waals surface area contributed by atoms with E-state index in [4.69, 9.17) is 19.4 Å². The largest absolute Gasteiger partial charge is 0.497 e. The Morgan fingerprint density at radius 3 is 2.73 bits per heavy atom. The summed E-state index contributed by atoms with van der Waals surface area (Å²) in [5, 5.41) is 3.23. The van der Waals surface area contributed by atoms with Gasteiger partial charge in [0.25, 0.3) is 0 Å². The normalized spacial score (nSPS) is 14.5. The van der Waals surface area contributed by atoms with Gasteiger partial charge in [-0.1, -0.05) is 19.1 Å². The Labute approximate surface area is 235 Å². The topological polar surface area (TPSA) is 77.3 Å². The molecule has 0 radical (unpaired) electrons.